The highest BCUT2D eigenvalue weighted by molar-refractivity contribution is 6.31. The van der Waals surface area contributed by atoms with Crippen LogP contribution in [-0.2, 0) is 5.41 Å². The van der Waals surface area contributed by atoms with Crippen LogP contribution >= 0.6 is 11.6 Å². The first-order valence-corrected chi connectivity index (χ1v) is 10.3. The van der Waals surface area contributed by atoms with Crippen LogP contribution in [-0.4, -0.2) is 60.2 Å². The zero-order valence-electron chi connectivity index (χ0n) is 15.7. The van der Waals surface area contributed by atoms with Crippen molar-refractivity contribution in [1.29, 1.82) is 0 Å². The fraction of sp³-hybridized carbons (Fsp3) is 0.524. The van der Waals surface area contributed by atoms with E-state index in [1.54, 1.807) is 0 Å². The minimum atomic E-state index is -0.142. The first-order chi connectivity index (χ1) is 13.2. The third-order valence-corrected chi connectivity index (χ3v) is 7.08. The highest BCUT2D eigenvalue weighted by Crippen LogP contribution is 2.43. The Morgan fingerprint density at radius 1 is 1.11 bits per heavy atom. The zero-order chi connectivity index (χ0) is 18.4. The lowest BCUT2D eigenvalue weighted by molar-refractivity contribution is 0.291. The summed E-state index contributed by atoms with van der Waals surface area (Å²) >= 11 is 6.65. The Kier molecular flexibility index (Phi) is 4.34. The van der Waals surface area contributed by atoms with Gasteiger partial charge in [0.25, 0.3) is 0 Å². The molecular formula is C21H26ClN5. The van der Waals surface area contributed by atoms with E-state index >= 15 is 0 Å². The van der Waals surface area contributed by atoms with E-state index in [0.717, 1.165) is 55.7 Å². The number of nitrogens with zero attached hydrogens (tertiary/aromatic N) is 4. The summed E-state index contributed by atoms with van der Waals surface area (Å²) in [4.78, 5) is 14.7. The van der Waals surface area contributed by atoms with Gasteiger partial charge >= 0.3 is 0 Å². The van der Waals surface area contributed by atoms with Crippen molar-refractivity contribution in [2.24, 2.45) is 0 Å². The minimum absolute atomic E-state index is 0.142. The third-order valence-electron chi connectivity index (χ3n) is 6.75. The molecule has 0 amide bonds. The predicted octanol–water partition coefficient (Wildman–Crippen LogP) is 2.69. The molecule has 1 N–H and O–H groups in total. The Morgan fingerprint density at radius 2 is 1.93 bits per heavy atom. The molecule has 0 radical (unpaired) electrons. The largest absolute Gasteiger partial charge is 0.335 e. The van der Waals surface area contributed by atoms with E-state index in [9.17, 15) is 0 Å². The molecule has 0 saturated carbocycles. The van der Waals surface area contributed by atoms with E-state index in [2.05, 4.69) is 45.3 Å². The highest BCUT2D eigenvalue weighted by atomic mass is 35.5. The molecule has 1 aromatic heterocycles. The number of piperidine rings is 1. The van der Waals surface area contributed by atoms with Gasteiger partial charge in [-0.25, -0.2) is 9.97 Å². The van der Waals surface area contributed by atoms with Crippen LogP contribution in [0.1, 0.15) is 30.5 Å². The van der Waals surface area contributed by atoms with Crippen LogP contribution < -0.4 is 10.2 Å². The summed E-state index contributed by atoms with van der Waals surface area (Å²) in [5.41, 5.74) is 2.16. The normalized spacial score (nSPS) is 27.3. The van der Waals surface area contributed by atoms with Crippen molar-refractivity contribution < 1.29 is 0 Å². The number of hydrogen-bond donors (Lipinski definition) is 1. The van der Waals surface area contributed by atoms with Gasteiger partial charge in [-0.3, -0.25) is 4.90 Å². The monoisotopic (exact) mass is 383 g/mol. The number of anilines is 1. The van der Waals surface area contributed by atoms with Gasteiger partial charge in [0.15, 0.2) is 0 Å². The molecular weight excluding hydrogens is 358 g/mol. The molecule has 1 aromatic carbocycles. The lowest BCUT2D eigenvalue weighted by atomic mass is 9.70. The standard InChI is InChI=1S/C21H26ClN5/c1-26-13-16-12-15(26)14-27(16)20-24-9-6-19(25-20)21(7-10-23-11-8-21)17-4-2-3-5-18(17)22/h2-6,9,15-16,23H,7-8,10-14H2,1H3/t15-,16-/m0/s1. The van der Waals surface area contributed by atoms with E-state index in [1.165, 1.54) is 12.0 Å². The molecule has 142 valence electrons. The second-order valence-corrected chi connectivity index (χ2v) is 8.60. The first-order valence-electron chi connectivity index (χ1n) is 9.93. The van der Waals surface area contributed by atoms with Crippen LogP contribution in [0.3, 0.4) is 0 Å². The van der Waals surface area contributed by atoms with Crippen molar-refractivity contribution in [3.05, 3.63) is 52.8 Å². The average molecular weight is 384 g/mol. The summed E-state index contributed by atoms with van der Waals surface area (Å²) in [5, 5.41) is 4.33. The lowest BCUT2D eigenvalue weighted by Gasteiger charge is -2.39. The van der Waals surface area contributed by atoms with Gasteiger partial charge in [0.05, 0.1) is 5.69 Å². The number of likely N-dealkylation sites (tertiary alicyclic amines) is 1. The van der Waals surface area contributed by atoms with Crippen LogP contribution in [0.25, 0.3) is 0 Å². The fourth-order valence-electron chi connectivity index (χ4n) is 5.23. The molecule has 2 aromatic rings. The number of halogens is 1. The van der Waals surface area contributed by atoms with E-state index in [0.29, 0.717) is 12.1 Å². The molecule has 3 aliphatic rings. The molecule has 5 rings (SSSR count). The number of rotatable bonds is 3. The van der Waals surface area contributed by atoms with E-state index in [1.807, 2.05) is 18.3 Å². The van der Waals surface area contributed by atoms with Crippen LogP contribution in [0.15, 0.2) is 36.5 Å². The summed E-state index contributed by atoms with van der Waals surface area (Å²) in [5.74, 6) is 0.887. The fourth-order valence-corrected chi connectivity index (χ4v) is 5.55. The SMILES string of the molecule is CN1C[C@@H]2C[C@H]1CN2c1nccc(C2(c3ccccc3Cl)CCNCC2)n1. The van der Waals surface area contributed by atoms with Gasteiger partial charge in [-0.15, -0.1) is 0 Å². The van der Waals surface area contributed by atoms with Gasteiger partial charge in [-0.1, -0.05) is 29.8 Å². The quantitative estimate of drug-likeness (QED) is 0.882. The molecule has 0 unspecified atom stereocenters. The Balaban J connectivity index is 1.55. The number of aromatic nitrogens is 2. The molecule has 0 aliphatic carbocycles. The Hall–Kier alpha value is -1.69. The van der Waals surface area contributed by atoms with Crippen molar-refractivity contribution in [2.45, 2.75) is 36.8 Å². The molecule has 2 atom stereocenters. The van der Waals surface area contributed by atoms with Crippen LogP contribution in [0.4, 0.5) is 5.95 Å². The third kappa shape index (κ3) is 2.84. The van der Waals surface area contributed by atoms with Gasteiger partial charge in [0, 0.05) is 41.8 Å². The molecule has 27 heavy (non-hydrogen) atoms. The van der Waals surface area contributed by atoms with Crippen molar-refractivity contribution in [1.82, 2.24) is 20.2 Å². The van der Waals surface area contributed by atoms with Crippen molar-refractivity contribution in [2.75, 3.05) is 38.1 Å². The van der Waals surface area contributed by atoms with Crippen molar-refractivity contribution in [3.8, 4) is 0 Å². The highest BCUT2D eigenvalue weighted by Gasteiger charge is 2.44. The molecule has 3 aliphatic heterocycles. The molecule has 2 bridgehead atoms. The summed E-state index contributed by atoms with van der Waals surface area (Å²) in [6.45, 7) is 4.09. The van der Waals surface area contributed by atoms with Crippen LogP contribution in [0.5, 0.6) is 0 Å². The van der Waals surface area contributed by atoms with E-state index in [-0.39, 0.29) is 5.41 Å². The number of hydrogen-bond acceptors (Lipinski definition) is 5. The lowest BCUT2D eigenvalue weighted by Crippen LogP contribution is -2.46. The smallest absolute Gasteiger partial charge is 0.225 e. The summed E-state index contributed by atoms with van der Waals surface area (Å²) in [6.07, 6.45) is 5.17. The Bertz CT molecular complexity index is 833. The van der Waals surface area contributed by atoms with Gasteiger partial charge in [-0.2, -0.15) is 0 Å². The number of likely N-dealkylation sites (N-methyl/N-ethyl adjacent to an activating group) is 1. The minimum Gasteiger partial charge on any atom is -0.335 e. The molecule has 5 nitrogen and oxygen atoms in total. The number of fused-ring (bicyclic) bond motifs is 2. The zero-order valence-corrected chi connectivity index (χ0v) is 16.5. The van der Waals surface area contributed by atoms with Gasteiger partial charge in [0.2, 0.25) is 5.95 Å². The molecule has 4 heterocycles. The average Bonchev–Trinajstić information content (AvgIpc) is 3.28. The molecule has 0 spiro atoms. The van der Waals surface area contributed by atoms with Gasteiger partial charge in [-0.05, 0) is 57.1 Å². The number of piperazine rings is 1. The summed E-state index contributed by atoms with van der Waals surface area (Å²) < 4.78 is 0. The second kappa shape index (κ2) is 6.73. The molecule has 6 heteroatoms. The topological polar surface area (TPSA) is 44.3 Å². The van der Waals surface area contributed by atoms with Gasteiger partial charge in [0.1, 0.15) is 0 Å². The van der Waals surface area contributed by atoms with E-state index in [4.69, 9.17) is 16.6 Å². The maximum absolute atomic E-state index is 6.65. The number of nitrogens with one attached hydrogen (secondary N) is 1. The molecule has 3 fully saturated rings. The Labute approximate surface area is 165 Å². The van der Waals surface area contributed by atoms with E-state index < -0.39 is 0 Å². The van der Waals surface area contributed by atoms with Crippen LogP contribution in [0, 0.1) is 0 Å². The van der Waals surface area contributed by atoms with Crippen molar-refractivity contribution in [3.63, 3.8) is 0 Å². The number of benzene rings is 1. The van der Waals surface area contributed by atoms with Crippen LogP contribution in [0.2, 0.25) is 5.02 Å². The first kappa shape index (κ1) is 17.4. The maximum Gasteiger partial charge on any atom is 0.225 e. The molecule has 3 saturated heterocycles. The maximum atomic E-state index is 6.65. The summed E-state index contributed by atoms with van der Waals surface area (Å²) in [6, 6.07) is 11.5. The Morgan fingerprint density at radius 3 is 2.63 bits per heavy atom. The second-order valence-electron chi connectivity index (χ2n) is 8.19. The predicted molar refractivity (Wildman–Crippen MR) is 109 cm³/mol. The van der Waals surface area contributed by atoms with Gasteiger partial charge < -0.3 is 10.2 Å². The van der Waals surface area contributed by atoms with Crippen molar-refractivity contribution >= 4 is 17.5 Å². The summed E-state index contributed by atoms with van der Waals surface area (Å²) in [7, 11) is 2.22.